The number of ether oxygens (including phenoxy) is 1. The molecule has 0 spiro atoms. The highest BCUT2D eigenvalue weighted by Crippen LogP contribution is 2.38. The summed E-state index contributed by atoms with van der Waals surface area (Å²) in [5.74, 6) is 1.95. The van der Waals surface area contributed by atoms with Crippen molar-refractivity contribution in [3.05, 3.63) is 83.9 Å². The molecule has 0 atom stereocenters. The molecule has 1 aliphatic rings. The third-order valence-corrected chi connectivity index (χ3v) is 3.75. The summed E-state index contributed by atoms with van der Waals surface area (Å²) >= 11 is 0. The van der Waals surface area contributed by atoms with Gasteiger partial charge in [0.2, 0.25) is 0 Å². The van der Waals surface area contributed by atoms with E-state index >= 15 is 0 Å². The van der Waals surface area contributed by atoms with E-state index in [0.717, 1.165) is 17.9 Å². The molecule has 3 aromatic carbocycles. The highest BCUT2D eigenvalue weighted by molar-refractivity contribution is 5.67. The second-order valence-electron chi connectivity index (χ2n) is 5.08. The fraction of sp³-hybridized carbons (Fsp3) is 0.0526. The van der Waals surface area contributed by atoms with Crippen LogP contribution >= 0.6 is 0 Å². The predicted molar refractivity (Wildman–Crippen MR) is 81.2 cm³/mol. The maximum Gasteiger partial charge on any atom is 0.131 e. The lowest BCUT2D eigenvalue weighted by atomic mass is 9.97. The van der Waals surface area contributed by atoms with Gasteiger partial charge in [-0.25, -0.2) is 0 Å². The van der Waals surface area contributed by atoms with Crippen molar-refractivity contribution in [3.63, 3.8) is 0 Å². The van der Waals surface area contributed by atoms with Crippen LogP contribution in [0.25, 0.3) is 11.1 Å². The molecule has 4 rings (SSSR count). The summed E-state index contributed by atoms with van der Waals surface area (Å²) in [4.78, 5) is 0. The molecule has 1 nitrogen and oxygen atoms in total. The van der Waals surface area contributed by atoms with Gasteiger partial charge < -0.3 is 4.74 Å². The molecule has 0 fully saturated rings. The molecule has 0 aliphatic carbocycles. The topological polar surface area (TPSA) is 9.23 Å². The first-order valence-electron chi connectivity index (χ1n) is 6.84. The van der Waals surface area contributed by atoms with Crippen LogP contribution in [-0.4, -0.2) is 0 Å². The number of benzene rings is 3. The van der Waals surface area contributed by atoms with Crippen molar-refractivity contribution in [3.8, 4) is 22.6 Å². The number of hydrogen-bond acceptors (Lipinski definition) is 1. The third kappa shape index (κ3) is 1.88. The van der Waals surface area contributed by atoms with Gasteiger partial charge in [-0.05, 0) is 34.4 Å². The third-order valence-electron chi connectivity index (χ3n) is 3.75. The van der Waals surface area contributed by atoms with Crippen molar-refractivity contribution in [1.29, 1.82) is 0 Å². The molecule has 96 valence electrons. The molecular weight excluding hydrogens is 244 g/mol. The Morgan fingerprint density at radius 3 is 2.25 bits per heavy atom. The lowest BCUT2D eigenvalue weighted by Gasteiger charge is -2.20. The fourth-order valence-electron chi connectivity index (χ4n) is 2.68. The Balaban J connectivity index is 1.77. The van der Waals surface area contributed by atoms with Gasteiger partial charge in [-0.15, -0.1) is 0 Å². The first-order valence-corrected chi connectivity index (χ1v) is 6.84. The predicted octanol–water partition coefficient (Wildman–Crippen LogP) is 5.05. The van der Waals surface area contributed by atoms with E-state index < -0.39 is 0 Å². The Morgan fingerprint density at radius 1 is 0.600 bits per heavy atom. The van der Waals surface area contributed by atoms with E-state index in [-0.39, 0.29) is 0 Å². The minimum atomic E-state index is 0.945. The van der Waals surface area contributed by atoms with Crippen molar-refractivity contribution in [1.82, 2.24) is 0 Å². The minimum Gasteiger partial charge on any atom is -0.457 e. The molecule has 1 heterocycles. The van der Waals surface area contributed by atoms with Gasteiger partial charge in [-0.1, -0.05) is 60.7 Å². The smallest absolute Gasteiger partial charge is 0.131 e. The maximum absolute atomic E-state index is 6.04. The molecule has 0 saturated carbocycles. The van der Waals surface area contributed by atoms with Crippen LogP contribution in [0, 0.1) is 0 Å². The Hall–Kier alpha value is -2.54. The molecule has 0 unspecified atom stereocenters. The van der Waals surface area contributed by atoms with E-state index in [4.69, 9.17) is 4.74 Å². The normalized spacial score (nSPS) is 12.2. The molecule has 3 aromatic rings. The lowest BCUT2D eigenvalue weighted by molar-refractivity contribution is 0.460. The van der Waals surface area contributed by atoms with E-state index in [1.54, 1.807) is 0 Å². The van der Waals surface area contributed by atoms with E-state index in [1.165, 1.54) is 22.3 Å². The van der Waals surface area contributed by atoms with Gasteiger partial charge >= 0.3 is 0 Å². The second-order valence-corrected chi connectivity index (χ2v) is 5.08. The molecule has 0 bridgehead atoms. The molecule has 0 amide bonds. The zero-order valence-electron chi connectivity index (χ0n) is 11.0. The Bertz CT molecular complexity index is 760. The highest BCUT2D eigenvalue weighted by atomic mass is 16.5. The molecule has 0 N–H and O–H groups in total. The number of fused-ring (bicyclic) bond motifs is 2. The molecule has 1 heteroatoms. The van der Waals surface area contributed by atoms with Crippen molar-refractivity contribution in [2.75, 3.05) is 0 Å². The molecule has 0 aromatic heterocycles. The summed E-state index contributed by atoms with van der Waals surface area (Å²) in [6.07, 6.45) is 0.945. The summed E-state index contributed by atoms with van der Waals surface area (Å²) in [6, 6.07) is 25.1. The van der Waals surface area contributed by atoms with Crippen LogP contribution in [0.2, 0.25) is 0 Å². The summed E-state index contributed by atoms with van der Waals surface area (Å²) in [6.45, 7) is 0. The fourth-order valence-corrected chi connectivity index (χ4v) is 2.68. The van der Waals surface area contributed by atoms with Crippen molar-refractivity contribution in [2.45, 2.75) is 6.42 Å². The van der Waals surface area contributed by atoms with Crippen molar-refractivity contribution < 1.29 is 4.74 Å². The highest BCUT2D eigenvalue weighted by Gasteiger charge is 2.16. The average molecular weight is 258 g/mol. The van der Waals surface area contributed by atoms with Gasteiger partial charge in [0.15, 0.2) is 0 Å². The SMILES string of the molecule is c1ccc(-c2ccc3c(c2)Oc2ccccc2C3)cc1. The standard InChI is InChI=1S/C19H14O/c1-2-6-14(7-3-1)15-10-11-17-12-16-8-4-5-9-18(16)20-19(17)13-15/h1-11,13H,12H2. The van der Waals surface area contributed by atoms with Gasteiger partial charge in [0, 0.05) is 6.42 Å². The van der Waals surface area contributed by atoms with Gasteiger partial charge in [0.05, 0.1) is 0 Å². The largest absolute Gasteiger partial charge is 0.457 e. The van der Waals surface area contributed by atoms with E-state index in [0.29, 0.717) is 0 Å². The van der Waals surface area contributed by atoms with Gasteiger partial charge in [-0.2, -0.15) is 0 Å². The zero-order chi connectivity index (χ0) is 13.4. The quantitative estimate of drug-likeness (QED) is 0.464. The van der Waals surface area contributed by atoms with Crippen LogP contribution in [0.3, 0.4) is 0 Å². The maximum atomic E-state index is 6.04. The van der Waals surface area contributed by atoms with Crippen molar-refractivity contribution >= 4 is 0 Å². The summed E-state index contributed by atoms with van der Waals surface area (Å²) < 4.78 is 6.04. The monoisotopic (exact) mass is 258 g/mol. The second kappa shape index (κ2) is 4.53. The van der Waals surface area contributed by atoms with Crippen LogP contribution in [-0.2, 0) is 6.42 Å². The first-order chi connectivity index (χ1) is 9.90. The summed E-state index contributed by atoms with van der Waals surface area (Å²) in [5.41, 5.74) is 4.93. The molecule has 0 radical (unpaired) electrons. The minimum absolute atomic E-state index is 0.945. The number of rotatable bonds is 1. The van der Waals surface area contributed by atoms with Crippen LogP contribution in [0.1, 0.15) is 11.1 Å². The Labute approximate surface area is 118 Å². The van der Waals surface area contributed by atoms with Crippen LogP contribution < -0.4 is 4.74 Å². The molecule has 20 heavy (non-hydrogen) atoms. The van der Waals surface area contributed by atoms with Crippen molar-refractivity contribution in [2.24, 2.45) is 0 Å². The van der Waals surface area contributed by atoms with Crippen LogP contribution in [0.4, 0.5) is 0 Å². The summed E-state index contributed by atoms with van der Waals surface area (Å²) in [7, 11) is 0. The van der Waals surface area contributed by atoms with Gasteiger partial charge in [0.25, 0.3) is 0 Å². The summed E-state index contributed by atoms with van der Waals surface area (Å²) in [5, 5.41) is 0. The first kappa shape index (κ1) is 11.3. The molecular formula is C19H14O. The molecule has 0 saturated heterocycles. The number of hydrogen-bond donors (Lipinski definition) is 0. The zero-order valence-corrected chi connectivity index (χ0v) is 11.0. The van der Waals surface area contributed by atoms with Crippen LogP contribution in [0.15, 0.2) is 72.8 Å². The van der Waals surface area contributed by atoms with Gasteiger partial charge in [-0.3, -0.25) is 0 Å². The van der Waals surface area contributed by atoms with Gasteiger partial charge in [0.1, 0.15) is 11.5 Å². The van der Waals surface area contributed by atoms with E-state index in [1.807, 2.05) is 18.2 Å². The number of para-hydroxylation sites is 1. The van der Waals surface area contributed by atoms with Crippen LogP contribution in [0.5, 0.6) is 11.5 Å². The Kier molecular flexibility index (Phi) is 2.56. The van der Waals surface area contributed by atoms with E-state index in [2.05, 4.69) is 54.6 Å². The van der Waals surface area contributed by atoms with E-state index in [9.17, 15) is 0 Å². The Morgan fingerprint density at radius 2 is 1.35 bits per heavy atom. The lowest BCUT2D eigenvalue weighted by Crippen LogP contribution is -2.02. The average Bonchev–Trinajstić information content (AvgIpc) is 2.53. The molecule has 1 aliphatic heterocycles.